The first kappa shape index (κ1) is 16.5. The first-order chi connectivity index (χ1) is 10.1. The number of nitrogens with zero attached hydrogens (tertiary/aromatic N) is 1. The van der Waals surface area contributed by atoms with Crippen LogP contribution in [-0.4, -0.2) is 35.3 Å². The van der Waals surface area contributed by atoms with Crippen LogP contribution in [0.5, 0.6) is 0 Å². The molecule has 2 rings (SSSR count). The van der Waals surface area contributed by atoms with Crippen LogP contribution in [0.15, 0.2) is 0 Å². The lowest BCUT2D eigenvalue weighted by molar-refractivity contribution is -0.141. The molecule has 0 aromatic carbocycles. The highest BCUT2D eigenvalue weighted by Crippen LogP contribution is 2.30. The number of carbonyl (C=O) groups is 2. The second kappa shape index (κ2) is 7.39. The van der Waals surface area contributed by atoms with Gasteiger partial charge in [-0.05, 0) is 44.6 Å². The van der Waals surface area contributed by atoms with Crippen molar-refractivity contribution < 1.29 is 9.59 Å². The fourth-order valence-corrected chi connectivity index (χ4v) is 3.61. The van der Waals surface area contributed by atoms with Gasteiger partial charge in [0.05, 0.1) is 12.5 Å². The molecule has 2 aliphatic rings. The van der Waals surface area contributed by atoms with Gasteiger partial charge >= 0.3 is 0 Å². The SMILES string of the molecule is CCC1CCC(CNC2CC(=O)N(C(C)CC)C2=O)CC1. The fourth-order valence-electron chi connectivity index (χ4n) is 3.61. The maximum absolute atomic E-state index is 12.3. The van der Waals surface area contributed by atoms with Crippen LogP contribution in [0.2, 0.25) is 0 Å². The van der Waals surface area contributed by atoms with Crippen LogP contribution in [0.1, 0.15) is 65.7 Å². The molecule has 120 valence electrons. The van der Waals surface area contributed by atoms with E-state index in [1.54, 1.807) is 0 Å². The van der Waals surface area contributed by atoms with Crippen molar-refractivity contribution in [2.45, 2.75) is 77.8 Å². The Balaban J connectivity index is 1.79. The number of amides is 2. The molecule has 2 atom stereocenters. The molecule has 4 heteroatoms. The summed E-state index contributed by atoms with van der Waals surface area (Å²) in [5.41, 5.74) is 0. The molecule has 0 radical (unpaired) electrons. The Morgan fingerprint density at radius 1 is 1.14 bits per heavy atom. The maximum atomic E-state index is 12.3. The highest BCUT2D eigenvalue weighted by molar-refractivity contribution is 6.05. The van der Waals surface area contributed by atoms with Gasteiger partial charge in [-0.3, -0.25) is 14.5 Å². The summed E-state index contributed by atoms with van der Waals surface area (Å²) < 4.78 is 0. The Bertz CT molecular complexity index is 375. The zero-order valence-corrected chi connectivity index (χ0v) is 13.7. The Hall–Kier alpha value is -0.900. The van der Waals surface area contributed by atoms with Crippen molar-refractivity contribution in [1.82, 2.24) is 10.2 Å². The molecule has 1 saturated carbocycles. The smallest absolute Gasteiger partial charge is 0.247 e. The van der Waals surface area contributed by atoms with Gasteiger partial charge in [-0.2, -0.15) is 0 Å². The molecular formula is C17H30N2O2. The molecule has 2 fully saturated rings. The number of hydrogen-bond donors (Lipinski definition) is 1. The highest BCUT2D eigenvalue weighted by Gasteiger charge is 2.40. The third kappa shape index (κ3) is 3.85. The lowest BCUT2D eigenvalue weighted by Crippen LogP contribution is -2.44. The van der Waals surface area contributed by atoms with Crippen molar-refractivity contribution in [2.75, 3.05) is 6.54 Å². The van der Waals surface area contributed by atoms with Crippen molar-refractivity contribution in [1.29, 1.82) is 0 Å². The standard InChI is InChI=1S/C17H30N2O2/c1-4-12(3)19-16(20)10-15(17(19)21)18-11-14-8-6-13(5-2)7-9-14/h12-15,18H,4-11H2,1-3H3. The monoisotopic (exact) mass is 294 g/mol. The first-order valence-corrected chi connectivity index (χ1v) is 8.66. The molecule has 1 aliphatic carbocycles. The van der Waals surface area contributed by atoms with Crippen molar-refractivity contribution >= 4 is 11.8 Å². The summed E-state index contributed by atoms with van der Waals surface area (Å²) in [6, 6.07) is -0.257. The summed E-state index contributed by atoms with van der Waals surface area (Å²) in [5, 5.41) is 3.36. The molecule has 2 amide bonds. The van der Waals surface area contributed by atoms with E-state index in [-0.39, 0.29) is 23.9 Å². The van der Waals surface area contributed by atoms with Crippen molar-refractivity contribution in [3.05, 3.63) is 0 Å². The third-order valence-electron chi connectivity index (χ3n) is 5.41. The van der Waals surface area contributed by atoms with Gasteiger partial charge in [-0.25, -0.2) is 0 Å². The van der Waals surface area contributed by atoms with Crippen LogP contribution in [0, 0.1) is 11.8 Å². The molecule has 1 saturated heterocycles. The van der Waals surface area contributed by atoms with Crippen molar-refractivity contribution in [2.24, 2.45) is 11.8 Å². The van der Waals surface area contributed by atoms with Gasteiger partial charge in [-0.15, -0.1) is 0 Å². The summed E-state index contributed by atoms with van der Waals surface area (Å²) in [6.45, 7) is 7.12. The van der Waals surface area contributed by atoms with Gasteiger partial charge in [-0.1, -0.05) is 33.1 Å². The first-order valence-electron chi connectivity index (χ1n) is 8.66. The minimum absolute atomic E-state index is 0.0125. The predicted molar refractivity (Wildman–Crippen MR) is 83.8 cm³/mol. The number of likely N-dealkylation sites (tertiary alicyclic amines) is 1. The minimum Gasteiger partial charge on any atom is -0.305 e. The maximum Gasteiger partial charge on any atom is 0.247 e. The molecule has 1 aliphatic heterocycles. The summed E-state index contributed by atoms with van der Waals surface area (Å²) >= 11 is 0. The van der Waals surface area contributed by atoms with Gasteiger partial charge in [0, 0.05) is 6.04 Å². The topological polar surface area (TPSA) is 49.4 Å². The Kier molecular flexibility index (Phi) is 5.80. The lowest BCUT2D eigenvalue weighted by atomic mass is 9.81. The quantitative estimate of drug-likeness (QED) is 0.766. The van der Waals surface area contributed by atoms with Gasteiger partial charge in [0.2, 0.25) is 11.8 Å². The number of rotatable bonds is 6. The highest BCUT2D eigenvalue weighted by atomic mass is 16.2. The van der Waals surface area contributed by atoms with Gasteiger partial charge in [0.15, 0.2) is 0 Å². The molecule has 1 heterocycles. The lowest BCUT2D eigenvalue weighted by Gasteiger charge is -2.28. The van der Waals surface area contributed by atoms with E-state index in [0.29, 0.717) is 12.3 Å². The van der Waals surface area contributed by atoms with E-state index in [1.165, 1.54) is 37.0 Å². The molecule has 2 unspecified atom stereocenters. The Morgan fingerprint density at radius 2 is 1.76 bits per heavy atom. The number of carbonyl (C=O) groups excluding carboxylic acids is 2. The molecule has 0 spiro atoms. The average Bonchev–Trinajstić information content (AvgIpc) is 2.79. The van der Waals surface area contributed by atoms with E-state index in [0.717, 1.165) is 18.9 Å². The number of imide groups is 1. The molecule has 21 heavy (non-hydrogen) atoms. The van der Waals surface area contributed by atoms with E-state index in [4.69, 9.17) is 0 Å². The van der Waals surface area contributed by atoms with Crippen molar-refractivity contribution in [3.8, 4) is 0 Å². The predicted octanol–water partition coefficient (Wildman–Crippen LogP) is 2.72. The zero-order chi connectivity index (χ0) is 15.4. The van der Waals surface area contributed by atoms with E-state index >= 15 is 0 Å². The second-order valence-corrected chi connectivity index (χ2v) is 6.82. The molecular weight excluding hydrogens is 264 g/mol. The van der Waals surface area contributed by atoms with Crippen LogP contribution >= 0.6 is 0 Å². The second-order valence-electron chi connectivity index (χ2n) is 6.82. The summed E-state index contributed by atoms with van der Waals surface area (Å²) in [6.07, 6.45) is 7.61. The molecule has 0 bridgehead atoms. The van der Waals surface area contributed by atoms with Gasteiger partial charge < -0.3 is 5.32 Å². The van der Waals surface area contributed by atoms with Crippen LogP contribution in [0.25, 0.3) is 0 Å². The summed E-state index contributed by atoms with van der Waals surface area (Å²) in [7, 11) is 0. The summed E-state index contributed by atoms with van der Waals surface area (Å²) in [4.78, 5) is 25.8. The van der Waals surface area contributed by atoms with Gasteiger partial charge in [0.1, 0.15) is 0 Å². The molecule has 4 nitrogen and oxygen atoms in total. The average molecular weight is 294 g/mol. The molecule has 0 aromatic heterocycles. The van der Waals surface area contributed by atoms with Crippen LogP contribution < -0.4 is 5.32 Å². The van der Waals surface area contributed by atoms with E-state index in [2.05, 4.69) is 12.2 Å². The zero-order valence-electron chi connectivity index (χ0n) is 13.7. The third-order valence-corrected chi connectivity index (χ3v) is 5.41. The van der Waals surface area contributed by atoms with Crippen LogP contribution in [-0.2, 0) is 9.59 Å². The van der Waals surface area contributed by atoms with E-state index in [9.17, 15) is 9.59 Å². The Morgan fingerprint density at radius 3 is 2.33 bits per heavy atom. The van der Waals surface area contributed by atoms with E-state index in [1.807, 2.05) is 13.8 Å². The van der Waals surface area contributed by atoms with E-state index < -0.39 is 0 Å². The number of nitrogens with one attached hydrogen (secondary N) is 1. The normalized spacial score (nSPS) is 31.8. The fraction of sp³-hybridized carbons (Fsp3) is 0.882. The van der Waals surface area contributed by atoms with Crippen LogP contribution in [0.4, 0.5) is 0 Å². The molecule has 1 N–H and O–H groups in total. The molecule has 0 aromatic rings. The number of hydrogen-bond acceptors (Lipinski definition) is 3. The summed E-state index contributed by atoms with van der Waals surface area (Å²) in [5.74, 6) is 1.54. The minimum atomic E-state index is -0.282. The van der Waals surface area contributed by atoms with Crippen LogP contribution in [0.3, 0.4) is 0 Å². The van der Waals surface area contributed by atoms with Gasteiger partial charge in [0.25, 0.3) is 0 Å². The largest absolute Gasteiger partial charge is 0.305 e. The van der Waals surface area contributed by atoms with Crippen molar-refractivity contribution in [3.63, 3.8) is 0 Å². The Labute approximate surface area is 128 Å².